The molecular formula is C24H25BrN2O3. The quantitative estimate of drug-likeness (QED) is 0.387. The first-order valence-electron chi connectivity index (χ1n) is 9.60. The highest BCUT2D eigenvalue weighted by atomic mass is 79.9. The molecule has 0 atom stereocenters. The van der Waals surface area contributed by atoms with Gasteiger partial charge in [0.15, 0.2) is 6.61 Å². The maximum atomic E-state index is 12.3. The molecule has 0 fully saturated rings. The number of nitrogens with one attached hydrogen (secondary N) is 1. The smallest absolute Gasteiger partial charge is 0.277 e. The van der Waals surface area contributed by atoms with E-state index in [0.29, 0.717) is 11.5 Å². The highest BCUT2D eigenvalue weighted by Gasteiger charge is 2.20. The molecular weight excluding hydrogens is 444 g/mol. The summed E-state index contributed by atoms with van der Waals surface area (Å²) in [5.74, 6) is 1.03. The van der Waals surface area contributed by atoms with Crippen molar-refractivity contribution in [1.82, 2.24) is 5.43 Å². The summed E-state index contributed by atoms with van der Waals surface area (Å²) in [5, 5.41) is 6.17. The lowest BCUT2D eigenvalue weighted by Crippen LogP contribution is -2.25. The van der Waals surface area contributed by atoms with E-state index in [9.17, 15) is 4.79 Å². The zero-order valence-electron chi connectivity index (χ0n) is 17.5. The lowest BCUT2D eigenvalue weighted by Gasteiger charge is -2.23. The number of hydrogen-bond acceptors (Lipinski definition) is 4. The van der Waals surface area contributed by atoms with Crippen molar-refractivity contribution in [2.45, 2.75) is 26.2 Å². The molecule has 156 valence electrons. The Kier molecular flexibility index (Phi) is 6.77. The van der Waals surface area contributed by atoms with Gasteiger partial charge in [0.2, 0.25) is 0 Å². The molecule has 0 saturated carbocycles. The van der Waals surface area contributed by atoms with Crippen molar-refractivity contribution < 1.29 is 14.3 Å². The van der Waals surface area contributed by atoms with Gasteiger partial charge in [0.1, 0.15) is 11.5 Å². The number of hydrogen-bond donors (Lipinski definition) is 1. The number of benzene rings is 3. The standard InChI is InChI=1S/C24H25BrN2O3/c1-24(2,3)20-13-17(25)10-12-22(20)30-15-23(28)27-26-14-19-18-8-6-5-7-16(18)9-11-21(19)29-4/h5-14H,15H2,1-4H3,(H,27,28)/b26-14+. The predicted molar refractivity (Wildman–Crippen MR) is 125 cm³/mol. The van der Waals surface area contributed by atoms with Crippen LogP contribution in [-0.2, 0) is 10.2 Å². The van der Waals surface area contributed by atoms with Gasteiger partial charge in [-0.15, -0.1) is 0 Å². The minimum Gasteiger partial charge on any atom is -0.496 e. The molecule has 0 aliphatic rings. The van der Waals surface area contributed by atoms with Gasteiger partial charge in [-0.3, -0.25) is 4.79 Å². The highest BCUT2D eigenvalue weighted by Crippen LogP contribution is 2.33. The van der Waals surface area contributed by atoms with E-state index in [1.54, 1.807) is 13.3 Å². The minimum atomic E-state index is -0.340. The van der Waals surface area contributed by atoms with Crippen LogP contribution in [-0.4, -0.2) is 25.8 Å². The molecule has 6 heteroatoms. The van der Waals surface area contributed by atoms with Gasteiger partial charge in [-0.1, -0.05) is 67.0 Å². The molecule has 0 heterocycles. The van der Waals surface area contributed by atoms with Gasteiger partial charge in [-0.05, 0) is 40.5 Å². The van der Waals surface area contributed by atoms with Crippen LogP contribution in [0.4, 0.5) is 0 Å². The number of ether oxygens (including phenoxy) is 2. The normalized spacial score (nSPS) is 11.6. The van der Waals surface area contributed by atoms with Gasteiger partial charge in [-0.25, -0.2) is 5.43 Å². The Labute approximate surface area is 185 Å². The van der Waals surface area contributed by atoms with Gasteiger partial charge >= 0.3 is 0 Å². The number of fused-ring (bicyclic) bond motifs is 1. The van der Waals surface area contributed by atoms with Crippen LogP contribution in [0, 0.1) is 0 Å². The molecule has 0 bridgehead atoms. The topological polar surface area (TPSA) is 59.9 Å². The van der Waals surface area contributed by atoms with Gasteiger partial charge < -0.3 is 9.47 Å². The Morgan fingerprint density at radius 1 is 1.10 bits per heavy atom. The van der Waals surface area contributed by atoms with Crippen molar-refractivity contribution in [3.8, 4) is 11.5 Å². The summed E-state index contributed by atoms with van der Waals surface area (Å²) < 4.78 is 12.2. The van der Waals surface area contributed by atoms with E-state index in [0.717, 1.165) is 26.4 Å². The maximum absolute atomic E-state index is 12.3. The van der Waals surface area contributed by atoms with Crippen molar-refractivity contribution in [1.29, 1.82) is 0 Å². The third kappa shape index (κ3) is 5.19. The van der Waals surface area contributed by atoms with Crippen LogP contribution in [0.3, 0.4) is 0 Å². The molecule has 0 aliphatic carbocycles. The van der Waals surface area contributed by atoms with E-state index in [-0.39, 0.29) is 17.9 Å². The second-order valence-electron chi connectivity index (χ2n) is 7.87. The number of carbonyl (C=O) groups excluding carboxylic acids is 1. The summed E-state index contributed by atoms with van der Waals surface area (Å²) in [6.07, 6.45) is 1.60. The number of halogens is 1. The summed E-state index contributed by atoms with van der Waals surface area (Å²) in [4.78, 5) is 12.3. The average molecular weight is 469 g/mol. The molecule has 0 spiro atoms. The van der Waals surface area contributed by atoms with Crippen molar-refractivity contribution in [3.63, 3.8) is 0 Å². The van der Waals surface area contributed by atoms with E-state index in [4.69, 9.17) is 9.47 Å². The number of amides is 1. The Bertz CT molecular complexity index is 1090. The van der Waals surface area contributed by atoms with Crippen LogP contribution in [0.2, 0.25) is 0 Å². The number of methoxy groups -OCH3 is 1. The number of hydrazone groups is 1. The van der Waals surface area contributed by atoms with Crippen molar-refractivity contribution in [2.75, 3.05) is 13.7 Å². The molecule has 0 saturated heterocycles. The molecule has 3 rings (SSSR count). The molecule has 3 aromatic carbocycles. The van der Waals surface area contributed by atoms with Crippen LogP contribution in [0.15, 0.2) is 64.2 Å². The number of nitrogens with zero attached hydrogens (tertiary/aromatic N) is 1. The molecule has 0 aromatic heterocycles. The van der Waals surface area contributed by atoms with E-state index in [1.165, 1.54) is 0 Å². The monoisotopic (exact) mass is 468 g/mol. The summed E-state index contributed by atoms with van der Waals surface area (Å²) >= 11 is 3.49. The zero-order valence-corrected chi connectivity index (χ0v) is 19.1. The summed E-state index contributed by atoms with van der Waals surface area (Å²) in [5.41, 5.74) is 4.24. The molecule has 3 aromatic rings. The molecule has 0 unspecified atom stereocenters. The number of rotatable bonds is 6. The summed E-state index contributed by atoms with van der Waals surface area (Å²) in [6, 6.07) is 17.6. The fraction of sp³-hybridized carbons (Fsp3) is 0.250. The molecule has 1 amide bonds. The molecule has 30 heavy (non-hydrogen) atoms. The number of carbonyl (C=O) groups is 1. The Morgan fingerprint density at radius 3 is 2.57 bits per heavy atom. The van der Waals surface area contributed by atoms with Crippen molar-refractivity contribution in [2.24, 2.45) is 5.10 Å². The summed E-state index contributed by atoms with van der Waals surface area (Å²) in [7, 11) is 1.61. The Hall–Kier alpha value is -2.86. The van der Waals surface area contributed by atoms with E-state index >= 15 is 0 Å². The third-order valence-electron chi connectivity index (χ3n) is 4.64. The first-order chi connectivity index (χ1) is 14.3. The second kappa shape index (κ2) is 9.30. The minimum absolute atomic E-state index is 0.112. The van der Waals surface area contributed by atoms with Crippen LogP contribution in [0.1, 0.15) is 31.9 Å². The van der Waals surface area contributed by atoms with Gasteiger partial charge in [0, 0.05) is 15.6 Å². The lowest BCUT2D eigenvalue weighted by molar-refractivity contribution is -0.123. The average Bonchev–Trinajstić information content (AvgIpc) is 2.72. The summed E-state index contributed by atoms with van der Waals surface area (Å²) in [6.45, 7) is 6.17. The van der Waals surface area contributed by atoms with Crippen LogP contribution in [0.5, 0.6) is 11.5 Å². The van der Waals surface area contributed by atoms with E-state index in [1.807, 2.05) is 54.6 Å². The molecule has 0 aliphatic heterocycles. The SMILES string of the molecule is COc1ccc2ccccc2c1/C=N/NC(=O)COc1ccc(Br)cc1C(C)(C)C. The molecule has 0 radical (unpaired) electrons. The first kappa shape index (κ1) is 21.8. The molecule has 1 N–H and O–H groups in total. The van der Waals surface area contributed by atoms with Crippen LogP contribution < -0.4 is 14.9 Å². The maximum Gasteiger partial charge on any atom is 0.277 e. The fourth-order valence-corrected chi connectivity index (χ4v) is 3.51. The van der Waals surface area contributed by atoms with Gasteiger partial charge in [0.05, 0.1) is 13.3 Å². The predicted octanol–water partition coefficient (Wildman–Crippen LogP) is 5.44. The first-order valence-corrected chi connectivity index (χ1v) is 10.4. The third-order valence-corrected chi connectivity index (χ3v) is 5.14. The van der Waals surface area contributed by atoms with E-state index in [2.05, 4.69) is 47.2 Å². The molecule has 5 nitrogen and oxygen atoms in total. The van der Waals surface area contributed by atoms with Crippen molar-refractivity contribution in [3.05, 3.63) is 70.2 Å². The Balaban J connectivity index is 1.69. The van der Waals surface area contributed by atoms with Crippen LogP contribution >= 0.6 is 15.9 Å². The second-order valence-corrected chi connectivity index (χ2v) is 8.79. The Morgan fingerprint density at radius 2 is 1.83 bits per heavy atom. The van der Waals surface area contributed by atoms with Gasteiger partial charge in [0.25, 0.3) is 5.91 Å². The highest BCUT2D eigenvalue weighted by molar-refractivity contribution is 9.10. The largest absolute Gasteiger partial charge is 0.496 e. The zero-order chi connectivity index (χ0) is 21.7. The van der Waals surface area contributed by atoms with Crippen molar-refractivity contribution >= 4 is 38.8 Å². The van der Waals surface area contributed by atoms with E-state index < -0.39 is 0 Å². The fourth-order valence-electron chi connectivity index (χ4n) is 3.15. The van der Waals surface area contributed by atoms with Crippen LogP contribution in [0.25, 0.3) is 10.8 Å². The lowest BCUT2D eigenvalue weighted by atomic mass is 9.86. The van der Waals surface area contributed by atoms with Gasteiger partial charge in [-0.2, -0.15) is 5.10 Å².